The Kier molecular flexibility index (Phi) is 4.74. The SMILES string of the molecule is CC(C)n1cncc1CNCC1CN(C)CCO1. The summed E-state index contributed by atoms with van der Waals surface area (Å²) in [5, 5.41) is 3.46. The maximum absolute atomic E-state index is 5.72. The smallest absolute Gasteiger partial charge is 0.0951 e. The zero-order valence-electron chi connectivity index (χ0n) is 11.6. The van der Waals surface area contributed by atoms with Crippen LogP contribution < -0.4 is 5.32 Å². The van der Waals surface area contributed by atoms with E-state index in [-0.39, 0.29) is 0 Å². The Morgan fingerprint density at radius 3 is 3.11 bits per heavy atom. The number of hydrogen-bond donors (Lipinski definition) is 1. The molecule has 1 aliphatic rings. The lowest BCUT2D eigenvalue weighted by Crippen LogP contribution is -2.44. The Hall–Kier alpha value is -0.910. The van der Waals surface area contributed by atoms with Crippen LogP contribution in [0.1, 0.15) is 25.6 Å². The minimum Gasteiger partial charge on any atom is -0.374 e. The average molecular weight is 252 g/mol. The lowest BCUT2D eigenvalue weighted by atomic mass is 10.2. The van der Waals surface area contributed by atoms with E-state index < -0.39 is 0 Å². The molecule has 1 aliphatic heterocycles. The average Bonchev–Trinajstić information content (AvgIpc) is 2.77. The molecule has 1 fully saturated rings. The van der Waals surface area contributed by atoms with Crippen LogP contribution in [-0.2, 0) is 11.3 Å². The standard InChI is InChI=1S/C13H24N4O/c1-11(2)17-10-15-7-12(17)6-14-8-13-9-16(3)4-5-18-13/h7,10-11,13-14H,4-6,8-9H2,1-3H3. The first-order chi connectivity index (χ1) is 8.66. The van der Waals surface area contributed by atoms with Crippen molar-refractivity contribution >= 4 is 0 Å². The molecule has 1 saturated heterocycles. The van der Waals surface area contributed by atoms with Gasteiger partial charge in [-0.2, -0.15) is 0 Å². The van der Waals surface area contributed by atoms with E-state index in [0.29, 0.717) is 12.1 Å². The monoisotopic (exact) mass is 252 g/mol. The molecule has 0 aromatic carbocycles. The molecule has 1 aromatic heterocycles. The number of ether oxygens (including phenoxy) is 1. The van der Waals surface area contributed by atoms with Crippen LogP contribution in [0, 0.1) is 0 Å². The van der Waals surface area contributed by atoms with Gasteiger partial charge >= 0.3 is 0 Å². The van der Waals surface area contributed by atoms with Gasteiger partial charge in [0.2, 0.25) is 0 Å². The van der Waals surface area contributed by atoms with Gasteiger partial charge in [-0.05, 0) is 20.9 Å². The predicted octanol–water partition coefficient (Wildman–Crippen LogP) is 0.884. The van der Waals surface area contributed by atoms with Crippen LogP contribution in [0.3, 0.4) is 0 Å². The van der Waals surface area contributed by atoms with E-state index in [2.05, 4.69) is 40.7 Å². The third-order valence-electron chi connectivity index (χ3n) is 3.32. The zero-order valence-corrected chi connectivity index (χ0v) is 11.6. The number of likely N-dealkylation sites (N-methyl/N-ethyl adjacent to an activating group) is 1. The van der Waals surface area contributed by atoms with Crippen molar-refractivity contribution in [2.45, 2.75) is 32.5 Å². The van der Waals surface area contributed by atoms with Crippen molar-refractivity contribution in [1.82, 2.24) is 19.8 Å². The Morgan fingerprint density at radius 1 is 1.56 bits per heavy atom. The molecule has 0 spiro atoms. The van der Waals surface area contributed by atoms with Crippen LogP contribution >= 0.6 is 0 Å². The van der Waals surface area contributed by atoms with Crippen LogP contribution in [-0.4, -0.2) is 53.8 Å². The molecule has 1 N–H and O–H groups in total. The molecule has 102 valence electrons. The van der Waals surface area contributed by atoms with Crippen molar-refractivity contribution in [3.8, 4) is 0 Å². The first-order valence-electron chi connectivity index (χ1n) is 6.68. The molecule has 1 atom stereocenters. The Bertz CT molecular complexity index is 364. The second-order valence-electron chi connectivity index (χ2n) is 5.27. The van der Waals surface area contributed by atoms with Gasteiger partial charge in [-0.25, -0.2) is 4.98 Å². The summed E-state index contributed by atoms with van der Waals surface area (Å²) in [4.78, 5) is 6.52. The highest BCUT2D eigenvalue weighted by Crippen LogP contribution is 2.08. The number of nitrogens with zero attached hydrogens (tertiary/aromatic N) is 3. The highest BCUT2D eigenvalue weighted by molar-refractivity contribution is 4.99. The molecule has 0 bridgehead atoms. The molecular formula is C13H24N4O. The lowest BCUT2D eigenvalue weighted by molar-refractivity contribution is -0.0182. The van der Waals surface area contributed by atoms with Gasteiger partial charge < -0.3 is 19.5 Å². The molecule has 5 nitrogen and oxygen atoms in total. The van der Waals surface area contributed by atoms with Crippen LogP contribution in [0.15, 0.2) is 12.5 Å². The van der Waals surface area contributed by atoms with Crippen molar-refractivity contribution in [3.63, 3.8) is 0 Å². The third kappa shape index (κ3) is 3.54. The summed E-state index contributed by atoms with van der Waals surface area (Å²) in [6.07, 6.45) is 4.13. The predicted molar refractivity (Wildman–Crippen MR) is 71.6 cm³/mol. The minimum atomic E-state index is 0.305. The summed E-state index contributed by atoms with van der Waals surface area (Å²) in [7, 11) is 2.14. The maximum atomic E-state index is 5.72. The Morgan fingerprint density at radius 2 is 2.39 bits per heavy atom. The Labute approximate surface area is 109 Å². The molecule has 1 aromatic rings. The normalized spacial score (nSPS) is 21.7. The fraction of sp³-hybridized carbons (Fsp3) is 0.769. The number of nitrogens with one attached hydrogen (secondary N) is 1. The summed E-state index contributed by atoms with van der Waals surface area (Å²) in [5.41, 5.74) is 1.23. The van der Waals surface area contributed by atoms with Crippen molar-refractivity contribution in [2.24, 2.45) is 0 Å². The fourth-order valence-corrected chi connectivity index (χ4v) is 2.29. The first-order valence-corrected chi connectivity index (χ1v) is 6.68. The second-order valence-corrected chi connectivity index (χ2v) is 5.27. The summed E-state index contributed by atoms with van der Waals surface area (Å²) in [6.45, 7) is 8.98. The van der Waals surface area contributed by atoms with E-state index in [9.17, 15) is 0 Å². The van der Waals surface area contributed by atoms with Gasteiger partial charge in [0.1, 0.15) is 0 Å². The quantitative estimate of drug-likeness (QED) is 0.845. The van der Waals surface area contributed by atoms with Gasteiger partial charge in [0.25, 0.3) is 0 Å². The molecule has 0 amide bonds. The largest absolute Gasteiger partial charge is 0.374 e. The van der Waals surface area contributed by atoms with Crippen LogP contribution in [0.5, 0.6) is 0 Å². The lowest BCUT2D eigenvalue weighted by Gasteiger charge is -2.30. The highest BCUT2D eigenvalue weighted by atomic mass is 16.5. The van der Waals surface area contributed by atoms with Crippen molar-refractivity contribution in [1.29, 1.82) is 0 Å². The van der Waals surface area contributed by atoms with Crippen molar-refractivity contribution in [2.75, 3.05) is 33.3 Å². The molecule has 1 unspecified atom stereocenters. The molecule has 0 aliphatic carbocycles. The topological polar surface area (TPSA) is 42.3 Å². The van der Waals surface area contributed by atoms with E-state index in [1.54, 1.807) is 0 Å². The van der Waals surface area contributed by atoms with Crippen LogP contribution in [0.4, 0.5) is 0 Å². The number of rotatable bonds is 5. The third-order valence-corrected chi connectivity index (χ3v) is 3.32. The summed E-state index contributed by atoms with van der Waals surface area (Å²) < 4.78 is 7.91. The highest BCUT2D eigenvalue weighted by Gasteiger charge is 2.17. The molecule has 0 radical (unpaired) electrons. The molecule has 18 heavy (non-hydrogen) atoms. The molecule has 5 heteroatoms. The van der Waals surface area contributed by atoms with Gasteiger partial charge in [-0.15, -0.1) is 0 Å². The number of aromatic nitrogens is 2. The maximum Gasteiger partial charge on any atom is 0.0951 e. The van der Waals surface area contributed by atoms with Gasteiger partial charge in [0, 0.05) is 38.4 Å². The van der Waals surface area contributed by atoms with E-state index in [0.717, 1.165) is 32.8 Å². The second kappa shape index (κ2) is 6.31. The van der Waals surface area contributed by atoms with Crippen LogP contribution in [0.2, 0.25) is 0 Å². The van der Waals surface area contributed by atoms with Gasteiger partial charge in [0.15, 0.2) is 0 Å². The van der Waals surface area contributed by atoms with E-state index in [4.69, 9.17) is 4.74 Å². The van der Waals surface area contributed by atoms with Gasteiger partial charge in [-0.1, -0.05) is 0 Å². The number of imidazole rings is 1. The van der Waals surface area contributed by atoms with Crippen molar-refractivity contribution in [3.05, 3.63) is 18.2 Å². The van der Waals surface area contributed by atoms with Gasteiger partial charge in [-0.3, -0.25) is 0 Å². The summed E-state index contributed by atoms with van der Waals surface area (Å²) in [6, 6.07) is 0.460. The molecular weight excluding hydrogens is 228 g/mol. The fourth-order valence-electron chi connectivity index (χ4n) is 2.29. The number of hydrogen-bond acceptors (Lipinski definition) is 4. The summed E-state index contributed by atoms with van der Waals surface area (Å²) >= 11 is 0. The molecule has 2 rings (SSSR count). The summed E-state index contributed by atoms with van der Waals surface area (Å²) in [5.74, 6) is 0. The molecule has 2 heterocycles. The van der Waals surface area contributed by atoms with Gasteiger partial charge in [0.05, 0.1) is 24.7 Å². The molecule has 0 saturated carbocycles. The van der Waals surface area contributed by atoms with Crippen LogP contribution in [0.25, 0.3) is 0 Å². The van der Waals surface area contributed by atoms with E-state index >= 15 is 0 Å². The first kappa shape index (κ1) is 13.5. The number of morpholine rings is 1. The Balaban J connectivity index is 1.76. The van der Waals surface area contributed by atoms with Crippen molar-refractivity contribution < 1.29 is 4.74 Å². The minimum absolute atomic E-state index is 0.305. The zero-order chi connectivity index (χ0) is 13.0. The van der Waals surface area contributed by atoms with E-state index in [1.807, 2.05) is 12.5 Å². The van der Waals surface area contributed by atoms with E-state index in [1.165, 1.54) is 5.69 Å².